The summed E-state index contributed by atoms with van der Waals surface area (Å²) >= 11 is 11.8. The molecule has 0 radical (unpaired) electrons. The molecule has 0 fully saturated rings. The van der Waals surface area contributed by atoms with Crippen molar-refractivity contribution in [2.75, 3.05) is 29.7 Å². The largest absolute Gasteiger partial charge is 0.481 e. The van der Waals surface area contributed by atoms with Gasteiger partial charge in [-0.25, -0.2) is 0 Å². The van der Waals surface area contributed by atoms with Gasteiger partial charge in [0.1, 0.15) is 0 Å². The molecule has 0 aromatic heterocycles. The summed E-state index contributed by atoms with van der Waals surface area (Å²) in [7, 11) is 0. The maximum absolute atomic E-state index is 10.7. The molecule has 1 aliphatic heterocycles. The topological polar surface area (TPSA) is 52.9 Å². The number of hydrogen-bond acceptors (Lipinski definition) is 3. The molecule has 4 nitrogen and oxygen atoms in total. The third kappa shape index (κ3) is 5.12. The van der Waals surface area contributed by atoms with Crippen LogP contribution in [-0.2, 0) is 11.2 Å². The van der Waals surface area contributed by atoms with E-state index in [1.807, 2.05) is 0 Å². The standard InChI is InChI=1S/C18H24Cl2N2O2/c1-13-11-14-5-6-15(22(9-7-19)10-8-20)12-17(14)21-16(13)3-2-4-18(23)24/h5-6,12-13H,2-4,7-11H2,1H3,(H,23,24). The van der Waals surface area contributed by atoms with Crippen LogP contribution in [-0.4, -0.2) is 41.6 Å². The van der Waals surface area contributed by atoms with Crippen LogP contribution in [0.3, 0.4) is 0 Å². The van der Waals surface area contributed by atoms with Crippen LogP contribution in [0.2, 0.25) is 0 Å². The maximum atomic E-state index is 10.7. The number of benzene rings is 1. The lowest BCUT2D eigenvalue weighted by atomic mass is 9.89. The number of halogens is 2. The highest BCUT2D eigenvalue weighted by atomic mass is 35.5. The van der Waals surface area contributed by atoms with Gasteiger partial charge in [0.05, 0.1) is 5.69 Å². The molecule has 24 heavy (non-hydrogen) atoms. The van der Waals surface area contributed by atoms with Crippen molar-refractivity contribution in [2.45, 2.75) is 32.6 Å². The third-order valence-corrected chi connectivity index (χ3v) is 4.66. The number of carboxylic acid groups (broad SMARTS) is 1. The van der Waals surface area contributed by atoms with E-state index in [4.69, 9.17) is 33.3 Å². The Hall–Kier alpha value is -1.26. The van der Waals surface area contributed by atoms with Crippen LogP contribution in [0.1, 0.15) is 31.7 Å². The van der Waals surface area contributed by atoms with Gasteiger partial charge in [0.2, 0.25) is 0 Å². The van der Waals surface area contributed by atoms with Crippen LogP contribution < -0.4 is 4.90 Å². The average Bonchev–Trinajstić information content (AvgIpc) is 2.54. The van der Waals surface area contributed by atoms with Gasteiger partial charge in [-0.15, -0.1) is 23.2 Å². The Kier molecular flexibility index (Phi) is 7.38. The van der Waals surface area contributed by atoms with E-state index in [1.165, 1.54) is 5.56 Å². The Morgan fingerprint density at radius 2 is 2.04 bits per heavy atom. The molecule has 1 atom stereocenters. The Balaban J connectivity index is 2.18. The summed E-state index contributed by atoms with van der Waals surface area (Å²) in [5, 5.41) is 8.80. The summed E-state index contributed by atoms with van der Waals surface area (Å²) in [5.74, 6) is 0.710. The van der Waals surface area contributed by atoms with Crippen LogP contribution in [0.5, 0.6) is 0 Å². The van der Waals surface area contributed by atoms with Gasteiger partial charge in [0.25, 0.3) is 0 Å². The fraction of sp³-hybridized carbons (Fsp3) is 0.556. The second-order valence-corrected chi connectivity index (χ2v) is 6.89. The molecule has 0 saturated heterocycles. The molecule has 0 spiro atoms. The number of aliphatic carboxylic acids is 1. The molecular weight excluding hydrogens is 347 g/mol. The highest BCUT2D eigenvalue weighted by molar-refractivity contribution is 6.18. The first-order chi connectivity index (χ1) is 11.5. The van der Waals surface area contributed by atoms with E-state index in [9.17, 15) is 4.79 Å². The molecule has 1 N–H and O–H groups in total. The van der Waals surface area contributed by atoms with Gasteiger partial charge in [0.15, 0.2) is 0 Å². The van der Waals surface area contributed by atoms with E-state index in [-0.39, 0.29) is 6.42 Å². The van der Waals surface area contributed by atoms with Crippen molar-refractivity contribution in [3.8, 4) is 0 Å². The summed E-state index contributed by atoms with van der Waals surface area (Å²) < 4.78 is 0. The molecule has 1 aromatic carbocycles. The smallest absolute Gasteiger partial charge is 0.303 e. The van der Waals surface area contributed by atoms with Crippen molar-refractivity contribution in [3.63, 3.8) is 0 Å². The minimum absolute atomic E-state index is 0.192. The molecule has 2 rings (SSSR count). The molecule has 132 valence electrons. The van der Waals surface area contributed by atoms with Crippen LogP contribution in [0, 0.1) is 5.92 Å². The lowest BCUT2D eigenvalue weighted by molar-refractivity contribution is -0.137. The van der Waals surface area contributed by atoms with Gasteiger partial charge in [-0.2, -0.15) is 0 Å². The molecule has 1 heterocycles. The van der Waals surface area contributed by atoms with Crippen LogP contribution in [0.15, 0.2) is 23.2 Å². The van der Waals surface area contributed by atoms with Crippen molar-refractivity contribution in [2.24, 2.45) is 10.9 Å². The molecule has 0 bridgehead atoms. The predicted molar refractivity (Wildman–Crippen MR) is 102 cm³/mol. The molecule has 0 amide bonds. The van der Waals surface area contributed by atoms with E-state index in [0.717, 1.165) is 43.0 Å². The summed E-state index contributed by atoms with van der Waals surface area (Å²) in [4.78, 5) is 17.7. The molecule has 0 saturated carbocycles. The van der Waals surface area contributed by atoms with Gasteiger partial charge in [-0.3, -0.25) is 9.79 Å². The maximum Gasteiger partial charge on any atom is 0.303 e. The second-order valence-electron chi connectivity index (χ2n) is 6.13. The minimum atomic E-state index is -0.750. The SMILES string of the molecule is CC1Cc2ccc(N(CCCl)CCCl)cc2N=C1CCCC(=O)O. The van der Waals surface area contributed by atoms with E-state index in [0.29, 0.717) is 24.1 Å². The second kappa shape index (κ2) is 9.28. The van der Waals surface area contributed by atoms with Gasteiger partial charge in [-0.1, -0.05) is 13.0 Å². The van der Waals surface area contributed by atoms with Crippen molar-refractivity contribution < 1.29 is 9.90 Å². The summed E-state index contributed by atoms with van der Waals surface area (Å²) in [5.41, 5.74) is 4.41. The van der Waals surface area contributed by atoms with Gasteiger partial charge in [0, 0.05) is 42.7 Å². The van der Waals surface area contributed by atoms with Crippen molar-refractivity contribution >= 4 is 46.3 Å². The van der Waals surface area contributed by atoms with Crippen molar-refractivity contribution in [3.05, 3.63) is 23.8 Å². The van der Waals surface area contributed by atoms with Crippen LogP contribution in [0.4, 0.5) is 11.4 Å². The molecular formula is C18H24Cl2N2O2. The number of alkyl halides is 2. The number of fused-ring (bicyclic) bond motifs is 1. The van der Waals surface area contributed by atoms with Gasteiger partial charge < -0.3 is 10.0 Å². The molecule has 1 aliphatic rings. The number of anilines is 1. The van der Waals surface area contributed by atoms with Gasteiger partial charge >= 0.3 is 5.97 Å². The number of aliphatic imine (C=N–C) groups is 1. The highest BCUT2D eigenvalue weighted by Gasteiger charge is 2.20. The highest BCUT2D eigenvalue weighted by Crippen LogP contribution is 2.33. The third-order valence-electron chi connectivity index (χ3n) is 4.33. The summed E-state index contributed by atoms with van der Waals surface area (Å²) in [6.07, 6.45) is 2.52. The zero-order valence-corrected chi connectivity index (χ0v) is 15.5. The quantitative estimate of drug-likeness (QED) is 0.651. The Morgan fingerprint density at radius 1 is 1.33 bits per heavy atom. The van der Waals surface area contributed by atoms with E-state index < -0.39 is 5.97 Å². The predicted octanol–water partition coefficient (Wildman–Crippen LogP) is 4.49. The van der Waals surface area contributed by atoms with Gasteiger partial charge in [-0.05, 0) is 42.9 Å². The first kappa shape index (κ1) is 19.1. The van der Waals surface area contributed by atoms with Crippen LogP contribution in [0.25, 0.3) is 0 Å². The van der Waals surface area contributed by atoms with E-state index in [2.05, 4.69) is 30.0 Å². The Morgan fingerprint density at radius 3 is 2.67 bits per heavy atom. The number of rotatable bonds is 9. The van der Waals surface area contributed by atoms with Crippen LogP contribution >= 0.6 is 23.2 Å². The van der Waals surface area contributed by atoms with Crippen molar-refractivity contribution in [1.29, 1.82) is 0 Å². The number of nitrogens with zero attached hydrogens (tertiary/aromatic N) is 2. The molecule has 0 aliphatic carbocycles. The monoisotopic (exact) mass is 370 g/mol. The average molecular weight is 371 g/mol. The summed E-state index contributed by atoms with van der Waals surface area (Å²) in [6, 6.07) is 6.33. The normalized spacial score (nSPS) is 16.5. The number of hydrogen-bond donors (Lipinski definition) is 1. The fourth-order valence-electron chi connectivity index (χ4n) is 3.04. The van der Waals surface area contributed by atoms with E-state index >= 15 is 0 Å². The zero-order valence-electron chi connectivity index (χ0n) is 14.0. The molecule has 1 unspecified atom stereocenters. The lowest BCUT2D eigenvalue weighted by Gasteiger charge is -2.26. The number of carboxylic acids is 1. The summed E-state index contributed by atoms with van der Waals surface area (Å²) in [6.45, 7) is 3.65. The first-order valence-corrected chi connectivity index (χ1v) is 9.41. The fourth-order valence-corrected chi connectivity index (χ4v) is 3.44. The van der Waals surface area contributed by atoms with Crippen molar-refractivity contribution in [1.82, 2.24) is 0 Å². The lowest BCUT2D eigenvalue weighted by Crippen LogP contribution is -2.27. The first-order valence-electron chi connectivity index (χ1n) is 8.34. The number of carbonyl (C=O) groups is 1. The Bertz CT molecular complexity index is 599. The molecule has 6 heteroatoms. The van der Waals surface area contributed by atoms with E-state index in [1.54, 1.807) is 0 Å². The Labute approximate surface area is 153 Å². The minimum Gasteiger partial charge on any atom is -0.481 e. The molecule has 1 aromatic rings. The zero-order chi connectivity index (χ0) is 17.5.